The Hall–Kier alpha value is -4.80. The Balaban J connectivity index is 1.38. The standard InChI is InChI=1S/C25H23FN8O2/c26-18-13-32-21(19-14-29-5-6-30-19)22-20(18)17(12-31-22)23(35)25(36)34-9-7-33(8-10-34)24(28)16-4-2-1-3-15(16)11-27/h1-6,11-14,31H,7-10,27-28H2/b15-11-,24-16+. The third-order valence-corrected chi connectivity index (χ3v) is 6.23. The minimum atomic E-state index is -0.801. The van der Waals surface area contributed by atoms with Crippen molar-refractivity contribution < 1.29 is 14.0 Å². The molecular formula is C25H23FN8O2. The molecule has 1 fully saturated rings. The Labute approximate surface area is 204 Å². The second-order valence-electron chi connectivity index (χ2n) is 8.25. The van der Waals surface area contributed by atoms with E-state index in [1.165, 1.54) is 35.9 Å². The molecular weight excluding hydrogens is 463 g/mol. The normalized spacial score (nSPS) is 15.3. The molecule has 36 heavy (non-hydrogen) atoms. The lowest BCUT2D eigenvalue weighted by Crippen LogP contribution is -2.52. The van der Waals surface area contributed by atoms with E-state index in [-0.39, 0.29) is 29.6 Å². The fraction of sp³-hybridized carbons (Fsp3) is 0.160. The van der Waals surface area contributed by atoms with Crippen molar-refractivity contribution in [3.05, 3.63) is 77.1 Å². The van der Waals surface area contributed by atoms with Gasteiger partial charge in [0.05, 0.1) is 28.9 Å². The number of aromatic nitrogens is 4. The van der Waals surface area contributed by atoms with Gasteiger partial charge in [0.2, 0.25) is 0 Å². The lowest BCUT2D eigenvalue weighted by molar-refractivity contribution is -0.127. The van der Waals surface area contributed by atoms with E-state index in [1.807, 2.05) is 29.2 Å². The lowest BCUT2D eigenvalue weighted by Gasteiger charge is -2.35. The van der Waals surface area contributed by atoms with Crippen molar-refractivity contribution in [2.45, 2.75) is 0 Å². The number of hydrogen-bond donors (Lipinski definition) is 3. The molecule has 5 N–H and O–H groups in total. The predicted octanol–water partition coefficient (Wildman–Crippen LogP) is -0.0928. The molecule has 0 unspecified atom stereocenters. The molecule has 1 aliphatic heterocycles. The van der Waals surface area contributed by atoms with Gasteiger partial charge in [0.15, 0.2) is 5.82 Å². The molecule has 1 aromatic carbocycles. The molecule has 0 aliphatic carbocycles. The zero-order valence-electron chi connectivity index (χ0n) is 19.2. The fourth-order valence-corrected chi connectivity index (χ4v) is 4.36. The van der Waals surface area contributed by atoms with Crippen LogP contribution in [-0.2, 0) is 4.79 Å². The van der Waals surface area contributed by atoms with Gasteiger partial charge >= 0.3 is 0 Å². The van der Waals surface area contributed by atoms with Crippen LogP contribution >= 0.6 is 0 Å². The van der Waals surface area contributed by atoms with E-state index >= 15 is 0 Å². The highest BCUT2D eigenvalue weighted by Crippen LogP contribution is 2.29. The van der Waals surface area contributed by atoms with Crippen LogP contribution in [0.5, 0.6) is 0 Å². The second kappa shape index (κ2) is 9.45. The molecule has 3 aromatic heterocycles. The summed E-state index contributed by atoms with van der Waals surface area (Å²) in [7, 11) is 0. The molecule has 0 bridgehead atoms. The number of rotatable bonds is 4. The number of aromatic amines is 1. The first-order valence-corrected chi connectivity index (χ1v) is 11.3. The molecule has 182 valence electrons. The highest BCUT2D eigenvalue weighted by molar-refractivity contribution is 6.45. The smallest absolute Gasteiger partial charge is 0.295 e. The van der Waals surface area contributed by atoms with Crippen molar-refractivity contribution in [1.82, 2.24) is 29.7 Å². The Bertz CT molecular complexity index is 1580. The van der Waals surface area contributed by atoms with Crippen LogP contribution in [0.2, 0.25) is 0 Å². The summed E-state index contributed by atoms with van der Waals surface area (Å²) in [4.78, 5) is 44.8. The number of ketones is 1. The van der Waals surface area contributed by atoms with Crippen molar-refractivity contribution in [1.29, 1.82) is 0 Å². The van der Waals surface area contributed by atoms with Crippen LogP contribution < -0.4 is 21.9 Å². The van der Waals surface area contributed by atoms with Gasteiger partial charge in [0.1, 0.15) is 17.2 Å². The third kappa shape index (κ3) is 4.00. The van der Waals surface area contributed by atoms with Crippen LogP contribution in [0.1, 0.15) is 10.4 Å². The molecule has 1 saturated heterocycles. The van der Waals surface area contributed by atoms with Crippen LogP contribution in [-0.4, -0.2) is 67.6 Å². The summed E-state index contributed by atoms with van der Waals surface area (Å²) in [5, 5.41) is 1.60. The molecule has 0 atom stereocenters. The highest BCUT2D eigenvalue weighted by atomic mass is 19.1. The number of hydrogen-bond acceptors (Lipinski definition) is 8. The molecule has 0 radical (unpaired) electrons. The average molecular weight is 487 g/mol. The Morgan fingerprint density at radius 3 is 2.50 bits per heavy atom. The topological polar surface area (TPSA) is 147 Å². The van der Waals surface area contributed by atoms with E-state index in [0.717, 1.165) is 16.6 Å². The van der Waals surface area contributed by atoms with E-state index in [1.54, 1.807) is 0 Å². The van der Waals surface area contributed by atoms with Gasteiger partial charge in [-0.2, -0.15) is 0 Å². The van der Waals surface area contributed by atoms with Crippen molar-refractivity contribution >= 4 is 34.6 Å². The van der Waals surface area contributed by atoms with Gasteiger partial charge in [-0.1, -0.05) is 24.3 Å². The van der Waals surface area contributed by atoms with E-state index in [2.05, 4.69) is 19.9 Å². The first-order chi connectivity index (χ1) is 17.5. The summed E-state index contributed by atoms with van der Waals surface area (Å²) < 4.78 is 14.8. The largest absolute Gasteiger partial charge is 0.404 e. The number of H-pyrrole nitrogens is 1. The number of carbonyl (C=O) groups excluding carboxylic acids is 2. The number of carbonyl (C=O) groups is 2. The van der Waals surface area contributed by atoms with Crippen LogP contribution in [0.25, 0.3) is 34.3 Å². The Morgan fingerprint density at radius 2 is 1.78 bits per heavy atom. The minimum Gasteiger partial charge on any atom is -0.404 e. The highest BCUT2D eigenvalue weighted by Gasteiger charge is 2.30. The maximum atomic E-state index is 14.8. The quantitative estimate of drug-likeness (QED) is 0.268. The summed E-state index contributed by atoms with van der Waals surface area (Å²) in [6.07, 6.45) is 8.31. The molecule has 0 spiro atoms. The SMILES string of the molecule is N/C=c1/cccc/c1=C(/N)N1CCN(C(=O)C(=O)c2c[nH]c3c(-c4cnccn4)ncc(F)c23)CC1. The number of benzene rings is 1. The summed E-state index contributed by atoms with van der Waals surface area (Å²) >= 11 is 0. The minimum absolute atomic E-state index is 0.00476. The van der Waals surface area contributed by atoms with E-state index in [9.17, 15) is 14.0 Å². The maximum Gasteiger partial charge on any atom is 0.295 e. The molecule has 5 rings (SSSR count). The Morgan fingerprint density at radius 1 is 1.03 bits per heavy atom. The molecule has 1 aliphatic rings. The number of halogens is 1. The zero-order chi connectivity index (χ0) is 25.2. The number of Topliss-reactive ketones (excluding diaryl/α,β-unsaturated/α-hetero) is 1. The van der Waals surface area contributed by atoms with Crippen molar-refractivity contribution in [3.63, 3.8) is 0 Å². The number of nitrogens with one attached hydrogen (secondary N) is 1. The van der Waals surface area contributed by atoms with E-state index < -0.39 is 17.5 Å². The van der Waals surface area contributed by atoms with Gasteiger partial charge in [-0.3, -0.25) is 19.6 Å². The zero-order valence-corrected chi connectivity index (χ0v) is 19.2. The number of amides is 1. The molecule has 4 aromatic rings. The molecule has 11 heteroatoms. The summed E-state index contributed by atoms with van der Waals surface area (Å²) in [5.74, 6) is -1.67. The molecule has 1 amide bonds. The lowest BCUT2D eigenvalue weighted by atomic mass is 10.1. The first-order valence-electron chi connectivity index (χ1n) is 11.3. The van der Waals surface area contributed by atoms with Crippen LogP contribution in [0.4, 0.5) is 4.39 Å². The molecule has 10 nitrogen and oxygen atoms in total. The maximum absolute atomic E-state index is 14.8. The molecule has 0 saturated carbocycles. The van der Waals surface area contributed by atoms with Crippen molar-refractivity contribution in [2.24, 2.45) is 11.5 Å². The van der Waals surface area contributed by atoms with Crippen LogP contribution in [0, 0.1) is 5.82 Å². The summed E-state index contributed by atoms with van der Waals surface area (Å²) in [5.41, 5.74) is 13.1. The van der Waals surface area contributed by atoms with Gasteiger partial charge in [0.25, 0.3) is 11.7 Å². The monoisotopic (exact) mass is 486 g/mol. The average Bonchev–Trinajstić information content (AvgIpc) is 3.39. The van der Waals surface area contributed by atoms with Gasteiger partial charge in [-0.15, -0.1) is 0 Å². The number of piperazine rings is 1. The van der Waals surface area contributed by atoms with Crippen LogP contribution in [0.15, 0.2) is 55.2 Å². The van der Waals surface area contributed by atoms with Crippen molar-refractivity contribution in [2.75, 3.05) is 26.2 Å². The van der Waals surface area contributed by atoms with E-state index in [4.69, 9.17) is 11.5 Å². The second-order valence-corrected chi connectivity index (χ2v) is 8.25. The van der Waals surface area contributed by atoms with Gasteiger partial charge in [-0.05, 0) is 0 Å². The molecule has 4 heterocycles. The number of fused-ring (bicyclic) bond motifs is 1. The first kappa shape index (κ1) is 23.0. The number of pyridine rings is 1. The van der Waals surface area contributed by atoms with E-state index in [0.29, 0.717) is 30.3 Å². The predicted molar refractivity (Wildman–Crippen MR) is 132 cm³/mol. The fourth-order valence-electron chi connectivity index (χ4n) is 4.36. The van der Waals surface area contributed by atoms with Gasteiger partial charge in [-0.25, -0.2) is 9.37 Å². The third-order valence-electron chi connectivity index (χ3n) is 6.23. The number of nitrogens with zero attached hydrogens (tertiary/aromatic N) is 5. The van der Waals surface area contributed by atoms with Gasteiger partial charge in [0, 0.05) is 61.4 Å². The summed E-state index contributed by atoms with van der Waals surface area (Å²) in [6, 6.07) is 7.49. The number of nitrogens with two attached hydrogens (primary N) is 2. The van der Waals surface area contributed by atoms with Gasteiger partial charge < -0.3 is 26.3 Å². The van der Waals surface area contributed by atoms with Crippen molar-refractivity contribution in [3.8, 4) is 11.4 Å². The summed E-state index contributed by atoms with van der Waals surface area (Å²) in [6.45, 7) is 1.45. The van der Waals surface area contributed by atoms with Crippen LogP contribution in [0.3, 0.4) is 0 Å². The Kier molecular flexibility index (Phi) is 6.03.